The normalized spacial score (nSPS) is 27.6. The van der Waals surface area contributed by atoms with Gasteiger partial charge in [0, 0.05) is 19.1 Å². The Morgan fingerprint density at radius 3 is 2.64 bits per heavy atom. The van der Waals surface area contributed by atoms with Crippen LogP contribution in [0.15, 0.2) is 0 Å². The van der Waals surface area contributed by atoms with E-state index in [1.807, 2.05) is 11.8 Å². The average molecular weight is 210 g/mol. The number of nitrogens with two attached hydrogens (primary N) is 1. The molecule has 0 aromatic heterocycles. The average Bonchev–Trinajstić information content (AvgIpc) is 2.01. The summed E-state index contributed by atoms with van der Waals surface area (Å²) < 4.78 is 37.2. The molecule has 84 valence electrons. The fraction of sp³-hybridized carbons (Fsp3) is 1.00. The molecule has 0 saturated carbocycles. The lowest BCUT2D eigenvalue weighted by molar-refractivity contribution is -0.186. The molecule has 1 fully saturated rings. The highest BCUT2D eigenvalue weighted by Gasteiger charge is 2.41. The molecule has 1 heterocycles. The molecule has 0 amide bonds. The maximum Gasteiger partial charge on any atom is 0.393 e. The summed E-state index contributed by atoms with van der Waals surface area (Å²) >= 11 is 0. The van der Waals surface area contributed by atoms with Gasteiger partial charge >= 0.3 is 6.18 Å². The zero-order chi connectivity index (χ0) is 10.8. The maximum absolute atomic E-state index is 12.4. The zero-order valence-electron chi connectivity index (χ0n) is 8.35. The van der Waals surface area contributed by atoms with E-state index >= 15 is 0 Å². The third-order valence-corrected chi connectivity index (χ3v) is 2.51. The van der Waals surface area contributed by atoms with Gasteiger partial charge in [0.1, 0.15) is 0 Å². The molecule has 0 radical (unpaired) electrons. The number of likely N-dealkylation sites (tertiary alicyclic amines) is 1. The van der Waals surface area contributed by atoms with E-state index < -0.39 is 12.1 Å². The first-order valence-corrected chi connectivity index (χ1v) is 4.94. The van der Waals surface area contributed by atoms with E-state index in [2.05, 4.69) is 0 Å². The molecular formula is C9H17F3N2. The predicted molar refractivity (Wildman–Crippen MR) is 48.9 cm³/mol. The highest BCUT2D eigenvalue weighted by atomic mass is 19.4. The first kappa shape index (κ1) is 11.8. The number of hydrogen-bond acceptors (Lipinski definition) is 2. The summed E-state index contributed by atoms with van der Waals surface area (Å²) in [6, 6.07) is -0.0537. The van der Waals surface area contributed by atoms with Crippen LogP contribution in [0, 0.1) is 5.92 Å². The van der Waals surface area contributed by atoms with Gasteiger partial charge in [-0.05, 0) is 26.3 Å². The van der Waals surface area contributed by atoms with Crippen LogP contribution in [0.1, 0.15) is 19.8 Å². The maximum atomic E-state index is 12.4. The summed E-state index contributed by atoms with van der Waals surface area (Å²) in [5.41, 5.74) is 5.55. The van der Waals surface area contributed by atoms with Gasteiger partial charge in [0.15, 0.2) is 0 Å². The third-order valence-electron chi connectivity index (χ3n) is 2.51. The van der Waals surface area contributed by atoms with Crippen molar-refractivity contribution in [2.24, 2.45) is 11.7 Å². The van der Waals surface area contributed by atoms with E-state index in [4.69, 9.17) is 5.73 Å². The number of hydrogen-bond donors (Lipinski definition) is 1. The summed E-state index contributed by atoms with van der Waals surface area (Å²) in [5, 5.41) is 0. The van der Waals surface area contributed by atoms with Crippen molar-refractivity contribution in [1.82, 2.24) is 4.90 Å². The number of alkyl halides is 3. The van der Waals surface area contributed by atoms with Gasteiger partial charge in [0.05, 0.1) is 5.92 Å². The van der Waals surface area contributed by atoms with Crippen LogP contribution in [0.25, 0.3) is 0 Å². The summed E-state index contributed by atoms with van der Waals surface area (Å²) in [6.07, 6.45) is -3.16. The second kappa shape index (κ2) is 4.49. The van der Waals surface area contributed by atoms with Crippen LogP contribution in [0.4, 0.5) is 13.2 Å². The highest BCUT2D eigenvalue weighted by Crippen LogP contribution is 2.32. The van der Waals surface area contributed by atoms with Crippen molar-refractivity contribution >= 4 is 0 Å². The van der Waals surface area contributed by atoms with Gasteiger partial charge in [-0.3, -0.25) is 0 Å². The molecule has 0 spiro atoms. The van der Waals surface area contributed by atoms with Gasteiger partial charge in [-0.25, -0.2) is 0 Å². The molecule has 2 unspecified atom stereocenters. The molecule has 2 atom stereocenters. The van der Waals surface area contributed by atoms with Gasteiger partial charge in [-0.1, -0.05) is 0 Å². The van der Waals surface area contributed by atoms with Gasteiger partial charge in [-0.2, -0.15) is 13.2 Å². The Morgan fingerprint density at radius 1 is 1.50 bits per heavy atom. The molecule has 2 N–H and O–H groups in total. The van der Waals surface area contributed by atoms with E-state index in [1.54, 1.807) is 0 Å². The van der Waals surface area contributed by atoms with Crippen LogP contribution in [0.5, 0.6) is 0 Å². The van der Waals surface area contributed by atoms with Crippen molar-refractivity contribution in [3.8, 4) is 0 Å². The van der Waals surface area contributed by atoms with Crippen LogP contribution in [-0.4, -0.2) is 36.8 Å². The second-order valence-corrected chi connectivity index (χ2v) is 4.12. The van der Waals surface area contributed by atoms with Gasteiger partial charge < -0.3 is 10.6 Å². The SMILES string of the molecule is CC(N)CN1CCCC(C(F)(F)F)C1. The number of piperidine rings is 1. The van der Waals surface area contributed by atoms with Crippen molar-refractivity contribution in [2.45, 2.75) is 32.0 Å². The highest BCUT2D eigenvalue weighted by molar-refractivity contribution is 4.79. The standard InChI is InChI=1S/C9H17F3N2/c1-7(13)5-14-4-2-3-8(6-14)9(10,11)12/h7-8H,2-6,13H2,1H3. The van der Waals surface area contributed by atoms with Crippen molar-refractivity contribution in [3.05, 3.63) is 0 Å². The molecule has 1 aliphatic heterocycles. The fourth-order valence-electron chi connectivity index (χ4n) is 1.90. The summed E-state index contributed by atoms with van der Waals surface area (Å²) in [4.78, 5) is 1.81. The van der Waals surface area contributed by atoms with Gasteiger partial charge in [0.25, 0.3) is 0 Å². The molecule has 2 nitrogen and oxygen atoms in total. The monoisotopic (exact) mass is 210 g/mol. The number of rotatable bonds is 2. The van der Waals surface area contributed by atoms with Crippen molar-refractivity contribution in [3.63, 3.8) is 0 Å². The molecule has 5 heteroatoms. The van der Waals surface area contributed by atoms with E-state index in [9.17, 15) is 13.2 Å². The molecule has 1 rings (SSSR count). The first-order valence-electron chi connectivity index (χ1n) is 4.94. The molecule has 1 saturated heterocycles. The van der Waals surface area contributed by atoms with Gasteiger partial charge in [-0.15, -0.1) is 0 Å². The van der Waals surface area contributed by atoms with Crippen LogP contribution in [0.2, 0.25) is 0 Å². The van der Waals surface area contributed by atoms with E-state index in [1.165, 1.54) is 0 Å². The van der Waals surface area contributed by atoms with Crippen LogP contribution < -0.4 is 5.73 Å². The van der Waals surface area contributed by atoms with Crippen LogP contribution >= 0.6 is 0 Å². The van der Waals surface area contributed by atoms with Gasteiger partial charge in [0.2, 0.25) is 0 Å². The Morgan fingerprint density at radius 2 is 2.14 bits per heavy atom. The van der Waals surface area contributed by atoms with E-state index in [-0.39, 0.29) is 19.0 Å². The molecule has 0 bridgehead atoms. The summed E-state index contributed by atoms with van der Waals surface area (Å²) in [5.74, 6) is -1.16. The largest absolute Gasteiger partial charge is 0.393 e. The molecular weight excluding hydrogens is 193 g/mol. The predicted octanol–water partition coefficient (Wildman–Crippen LogP) is 1.61. The Labute approximate surface area is 82.2 Å². The molecule has 0 aromatic rings. The Hall–Kier alpha value is -0.290. The Balaban J connectivity index is 2.44. The van der Waals surface area contributed by atoms with Crippen molar-refractivity contribution in [2.75, 3.05) is 19.6 Å². The molecule has 14 heavy (non-hydrogen) atoms. The minimum absolute atomic E-state index is 0.0537. The van der Waals surface area contributed by atoms with Crippen molar-refractivity contribution in [1.29, 1.82) is 0 Å². The minimum Gasteiger partial charge on any atom is -0.327 e. The van der Waals surface area contributed by atoms with Crippen LogP contribution in [-0.2, 0) is 0 Å². The molecule has 0 aromatic carbocycles. The third kappa shape index (κ3) is 3.46. The summed E-state index contributed by atoms with van der Waals surface area (Å²) in [7, 11) is 0. The second-order valence-electron chi connectivity index (χ2n) is 4.12. The smallest absolute Gasteiger partial charge is 0.327 e. The van der Waals surface area contributed by atoms with Crippen LogP contribution in [0.3, 0.4) is 0 Å². The van der Waals surface area contributed by atoms with E-state index in [0.29, 0.717) is 13.0 Å². The fourth-order valence-corrected chi connectivity index (χ4v) is 1.90. The minimum atomic E-state index is -4.05. The lowest BCUT2D eigenvalue weighted by Crippen LogP contribution is -2.45. The lowest BCUT2D eigenvalue weighted by Gasteiger charge is -2.34. The Kier molecular flexibility index (Phi) is 3.78. The first-order chi connectivity index (χ1) is 6.39. The lowest BCUT2D eigenvalue weighted by atomic mass is 9.97. The zero-order valence-corrected chi connectivity index (χ0v) is 8.35. The number of halogens is 3. The number of nitrogens with zero attached hydrogens (tertiary/aromatic N) is 1. The topological polar surface area (TPSA) is 29.3 Å². The molecule has 1 aliphatic rings. The quantitative estimate of drug-likeness (QED) is 0.750. The summed E-state index contributed by atoms with van der Waals surface area (Å²) in [6.45, 7) is 3.24. The van der Waals surface area contributed by atoms with Crippen molar-refractivity contribution < 1.29 is 13.2 Å². The Bertz CT molecular complexity index is 179. The molecule has 0 aliphatic carbocycles. The van der Waals surface area contributed by atoms with E-state index in [0.717, 1.165) is 6.54 Å².